The number of hydrogen-bond donors (Lipinski definition) is 1. The van der Waals surface area contributed by atoms with Gasteiger partial charge in [-0.3, -0.25) is 0 Å². The van der Waals surface area contributed by atoms with Crippen LogP contribution in [0.25, 0.3) is 27.7 Å². The lowest BCUT2D eigenvalue weighted by molar-refractivity contribution is 0.233. The molecule has 2 aliphatic carbocycles. The fourth-order valence-corrected chi connectivity index (χ4v) is 8.95. The second-order valence-corrected chi connectivity index (χ2v) is 14.6. The number of aliphatic imine (C=N–C) groups is 1. The number of para-hydroxylation sites is 3. The highest BCUT2D eigenvalue weighted by Crippen LogP contribution is 2.47. The Balaban J connectivity index is 1.16. The highest BCUT2D eigenvalue weighted by atomic mass is 32.2. The van der Waals surface area contributed by atoms with Gasteiger partial charge in [-0.1, -0.05) is 127 Å². The van der Waals surface area contributed by atoms with E-state index in [1.54, 1.807) is 0 Å². The number of nitrogens with one attached hydrogen (secondary N) is 1. The summed E-state index contributed by atoms with van der Waals surface area (Å²) in [5.41, 5.74) is 10.8. The molecule has 52 heavy (non-hydrogen) atoms. The molecule has 0 saturated carbocycles. The molecule has 3 unspecified atom stereocenters. The molecule has 0 saturated heterocycles. The zero-order valence-electron chi connectivity index (χ0n) is 28.3. The number of hydrogen-bond acceptors (Lipinski definition) is 6. The minimum atomic E-state index is -0.126. The number of allylic oxidation sites excluding steroid dienone is 4. The third-order valence-electron chi connectivity index (χ3n) is 10.3. The van der Waals surface area contributed by atoms with Crippen LogP contribution >= 0.6 is 11.8 Å². The number of aromatic nitrogens is 2. The molecule has 0 fully saturated rings. The lowest BCUT2D eigenvalue weighted by atomic mass is 9.82. The average Bonchev–Trinajstić information content (AvgIpc) is 3.22. The molecule has 2 aliphatic heterocycles. The van der Waals surface area contributed by atoms with Gasteiger partial charge in [-0.15, -0.1) is 11.8 Å². The maximum Gasteiger partial charge on any atom is 0.160 e. The van der Waals surface area contributed by atoms with E-state index < -0.39 is 0 Å². The second kappa shape index (κ2) is 13.0. The van der Waals surface area contributed by atoms with Gasteiger partial charge in [-0.2, -0.15) is 0 Å². The maximum atomic E-state index is 6.82. The van der Waals surface area contributed by atoms with Crippen LogP contribution < -0.4 is 10.1 Å². The number of fused-ring (bicyclic) bond motifs is 4. The Morgan fingerprint density at radius 3 is 2.40 bits per heavy atom. The van der Waals surface area contributed by atoms with Gasteiger partial charge in [0.1, 0.15) is 17.7 Å². The van der Waals surface area contributed by atoms with Gasteiger partial charge in [0.25, 0.3) is 0 Å². The van der Waals surface area contributed by atoms with Crippen molar-refractivity contribution in [1.82, 2.24) is 15.3 Å². The van der Waals surface area contributed by atoms with Crippen molar-refractivity contribution < 1.29 is 4.74 Å². The first-order valence-electron chi connectivity index (χ1n) is 17.8. The molecule has 0 spiro atoms. The number of thioether (sulfide) groups is 1. The Morgan fingerprint density at radius 2 is 1.50 bits per heavy atom. The lowest BCUT2D eigenvalue weighted by Crippen LogP contribution is -2.36. The number of rotatable bonds is 5. The number of nitrogens with zero attached hydrogens (tertiary/aromatic N) is 3. The summed E-state index contributed by atoms with van der Waals surface area (Å²) in [6.45, 7) is 0. The fourth-order valence-electron chi connectivity index (χ4n) is 7.77. The van der Waals surface area contributed by atoms with E-state index in [1.165, 1.54) is 27.2 Å². The summed E-state index contributed by atoms with van der Waals surface area (Å²) in [6, 6.07) is 46.2. The van der Waals surface area contributed by atoms with E-state index in [-0.39, 0.29) is 17.4 Å². The van der Waals surface area contributed by atoms with E-state index in [9.17, 15) is 0 Å². The van der Waals surface area contributed by atoms with E-state index in [1.807, 2.05) is 17.8 Å². The summed E-state index contributed by atoms with van der Waals surface area (Å²) in [5, 5.41) is 5.05. The van der Waals surface area contributed by atoms with Crippen LogP contribution in [-0.4, -0.2) is 27.2 Å². The zero-order chi connectivity index (χ0) is 34.4. The van der Waals surface area contributed by atoms with Gasteiger partial charge in [0, 0.05) is 22.1 Å². The SMILES string of the molecule is C1=CC2Sc3ccccc3OC2C(C2=C(c3nc(-c4ccccc4)c4ccccc4n3)C=C(C3=Nc4ccccc4C(c4ccccc4)N3)CC2)=C1. The number of amidine groups is 1. The summed E-state index contributed by atoms with van der Waals surface area (Å²) < 4.78 is 6.82. The quantitative estimate of drug-likeness (QED) is 0.195. The molecule has 3 atom stereocenters. The molecular formula is C46H34N4OS. The van der Waals surface area contributed by atoms with Crippen molar-refractivity contribution in [3.05, 3.63) is 191 Å². The van der Waals surface area contributed by atoms with Gasteiger partial charge < -0.3 is 10.1 Å². The molecule has 1 N–H and O–H groups in total. The first-order valence-corrected chi connectivity index (χ1v) is 18.7. The minimum absolute atomic E-state index is 0.0130. The smallest absolute Gasteiger partial charge is 0.160 e. The molecule has 250 valence electrons. The van der Waals surface area contributed by atoms with Gasteiger partial charge in [-0.05, 0) is 65.5 Å². The van der Waals surface area contributed by atoms with Crippen molar-refractivity contribution in [1.29, 1.82) is 0 Å². The Morgan fingerprint density at radius 1 is 0.731 bits per heavy atom. The van der Waals surface area contributed by atoms with E-state index in [2.05, 4.69) is 157 Å². The molecule has 0 bridgehead atoms. The molecular weight excluding hydrogens is 657 g/mol. The molecule has 6 aromatic rings. The van der Waals surface area contributed by atoms with Gasteiger partial charge in [0.05, 0.1) is 33.1 Å². The minimum Gasteiger partial charge on any atom is -0.483 e. The summed E-state index contributed by atoms with van der Waals surface area (Å²) in [5.74, 6) is 2.53. The molecule has 0 radical (unpaired) electrons. The normalized spacial score (nSPS) is 20.4. The van der Waals surface area contributed by atoms with Gasteiger partial charge >= 0.3 is 0 Å². The largest absolute Gasteiger partial charge is 0.483 e. The van der Waals surface area contributed by atoms with Crippen LogP contribution in [0.4, 0.5) is 5.69 Å². The zero-order valence-corrected chi connectivity index (χ0v) is 29.1. The van der Waals surface area contributed by atoms with Crippen LogP contribution in [0.5, 0.6) is 5.75 Å². The molecule has 3 heterocycles. The van der Waals surface area contributed by atoms with E-state index in [0.717, 1.165) is 63.4 Å². The Bertz CT molecular complexity index is 2520. The van der Waals surface area contributed by atoms with E-state index in [0.29, 0.717) is 5.82 Å². The second-order valence-electron chi connectivity index (χ2n) is 13.4. The average molecular weight is 691 g/mol. The predicted octanol–water partition coefficient (Wildman–Crippen LogP) is 10.6. The van der Waals surface area contributed by atoms with Crippen molar-refractivity contribution in [3.8, 4) is 17.0 Å². The molecule has 0 amide bonds. The van der Waals surface area contributed by atoms with Crippen molar-refractivity contribution in [2.75, 3.05) is 0 Å². The van der Waals surface area contributed by atoms with Crippen LogP contribution in [0.3, 0.4) is 0 Å². The monoisotopic (exact) mass is 690 g/mol. The Labute approximate surface area is 307 Å². The van der Waals surface area contributed by atoms with Gasteiger partial charge in [0.15, 0.2) is 5.82 Å². The molecule has 6 heteroatoms. The lowest BCUT2D eigenvalue weighted by Gasteiger charge is -2.37. The molecule has 5 nitrogen and oxygen atoms in total. The van der Waals surface area contributed by atoms with Crippen molar-refractivity contribution in [2.24, 2.45) is 4.99 Å². The molecule has 5 aromatic carbocycles. The summed E-state index contributed by atoms with van der Waals surface area (Å²) >= 11 is 1.87. The van der Waals surface area contributed by atoms with Crippen molar-refractivity contribution >= 4 is 39.8 Å². The highest BCUT2D eigenvalue weighted by Gasteiger charge is 2.37. The first-order chi connectivity index (χ1) is 25.8. The third-order valence-corrected chi connectivity index (χ3v) is 11.5. The van der Waals surface area contributed by atoms with E-state index >= 15 is 0 Å². The van der Waals surface area contributed by atoms with Gasteiger partial charge in [-0.25, -0.2) is 15.0 Å². The van der Waals surface area contributed by atoms with Crippen LogP contribution in [-0.2, 0) is 0 Å². The number of ether oxygens (including phenoxy) is 1. The topological polar surface area (TPSA) is 59.4 Å². The standard InChI is InChI=1S/C46H34N4OS/c1-3-14-29(15-4-1)42-34-18-7-9-21-37(34)47-45(49-42)31-26-27-32(33-20-13-25-41-44(33)51-39-23-11-12-24-40(39)52-41)36(28-31)46-48-38-22-10-8-19-35(38)43(50-46)30-16-5-2-6-17-30/h1-25,28,41-42,44H,26-27H2,(H,47,49). The Hall–Kier alpha value is -5.98. The summed E-state index contributed by atoms with van der Waals surface area (Å²) in [7, 11) is 0. The highest BCUT2D eigenvalue weighted by molar-refractivity contribution is 8.00. The van der Waals surface area contributed by atoms with Crippen LogP contribution in [0, 0.1) is 0 Å². The Kier molecular flexibility index (Phi) is 7.68. The molecule has 1 aromatic heterocycles. The van der Waals surface area contributed by atoms with Crippen LogP contribution in [0.15, 0.2) is 184 Å². The van der Waals surface area contributed by atoms with Crippen molar-refractivity contribution in [3.63, 3.8) is 0 Å². The van der Waals surface area contributed by atoms with Crippen LogP contribution in [0.2, 0.25) is 0 Å². The fraction of sp³-hybridized carbons (Fsp3) is 0.109. The van der Waals surface area contributed by atoms with Gasteiger partial charge in [0.2, 0.25) is 0 Å². The predicted molar refractivity (Wildman–Crippen MR) is 212 cm³/mol. The third kappa shape index (κ3) is 5.47. The molecule has 10 rings (SSSR count). The summed E-state index contributed by atoms with van der Waals surface area (Å²) in [4.78, 5) is 17.1. The number of benzene rings is 5. The molecule has 4 aliphatic rings. The first kappa shape index (κ1) is 30.8. The maximum absolute atomic E-state index is 6.82. The van der Waals surface area contributed by atoms with Crippen molar-refractivity contribution in [2.45, 2.75) is 35.1 Å². The summed E-state index contributed by atoms with van der Waals surface area (Å²) in [6.07, 6.45) is 10.5. The van der Waals surface area contributed by atoms with E-state index in [4.69, 9.17) is 19.7 Å². The van der Waals surface area contributed by atoms with Crippen LogP contribution in [0.1, 0.15) is 35.8 Å².